The van der Waals surface area contributed by atoms with Crippen molar-refractivity contribution in [2.75, 3.05) is 0 Å². The molecule has 2 nitrogen and oxygen atoms in total. The fourth-order valence-electron chi connectivity index (χ4n) is 1.23. The molecule has 1 aromatic rings. The molecule has 0 aromatic heterocycles. The first kappa shape index (κ1) is 12.8. The Balaban J connectivity index is 2.49. The Morgan fingerprint density at radius 3 is 2.56 bits per heavy atom. The van der Waals surface area contributed by atoms with Gasteiger partial charge in [0.15, 0.2) is 0 Å². The lowest BCUT2D eigenvalue weighted by molar-refractivity contribution is -0.129. The molecule has 0 unspecified atom stereocenters. The molecule has 0 N–H and O–H groups in total. The highest BCUT2D eigenvalue weighted by Gasteiger charge is 2.09. The Hall–Kier alpha value is -1.22. The van der Waals surface area contributed by atoms with Crippen LogP contribution in [0, 0.1) is 0 Å². The van der Waals surface area contributed by atoms with E-state index in [9.17, 15) is 4.79 Å². The van der Waals surface area contributed by atoms with Gasteiger partial charge in [-0.3, -0.25) is 0 Å². The van der Waals surface area contributed by atoms with Gasteiger partial charge in [0.05, 0.1) is 12.0 Å². The van der Waals surface area contributed by atoms with Crippen molar-refractivity contribution < 1.29 is 8.98 Å². The highest BCUT2D eigenvalue weighted by molar-refractivity contribution is 7.95. The normalized spacial score (nSPS) is 11.2. The summed E-state index contributed by atoms with van der Waals surface area (Å²) >= 11 is 1.11. The number of hydrogen-bond acceptors (Lipinski definition) is 3. The molecule has 0 saturated carbocycles. The number of carbonyl (C=O) groups excluding carboxylic acids is 1. The maximum atomic E-state index is 11.6. The molecular weight excluding hydrogens is 220 g/mol. The zero-order chi connectivity index (χ0) is 11.8. The van der Waals surface area contributed by atoms with Gasteiger partial charge >= 0.3 is 5.97 Å². The fraction of sp³-hybridized carbons (Fsp3) is 0.308. The first-order chi connectivity index (χ1) is 7.77. The molecule has 3 heteroatoms. The van der Waals surface area contributed by atoms with Crippen LogP contribution in [0.4, 0.5) is 0 Å². The smallest absolute Gasteiger partial charge is 0.346 e. The van der Waals surface area contributed by atoms with Crippen LogP contribution >= 0.6 is 12.0 Å². The lowest BCUT2D eigenvalue weighted by Gasteiger charge is -2.04. The summed E-state index contributed by atoms with van der Waals surface area (Å²) in [7, 11) is 0. The molecule has 0 aliphatic rings. The van der Waals surface area contributed by atoms with Crippen molar-refractivity contribution in [3.8, 4) is 0 Å². The summed E-state index contributed by atoms with van der Waals surface area (Å²) in [5.41, 5.74) is 0.742. The number of allylic oxidation sites excluding steroid dienone is 1. The van der Waals surface area contributed by atoms with Crippen LogP contribution in [0.2, 0.25) is 0 Å². The first-order valence-electron chi connectivity index (χ1n) is 5.40. The van der Waals surface area contributed by atoms with E-state index in [1.165, 1.54) is 0 Å². The molecule has 0 aliphatic carbocycles. The average Bonchev–Trinajstić information content (AvgIpc) is 2.34. The highest BCUT2D eigenvalue weighted by atomic mass is 32.2. The Labute approximate surface area is 101 Å². The van der Waals surface area contributed by atoms with Gasteiger partial charge in [0, 0.05) is 10.5 Å². The molecule has 1 aromatic carbocycles. The van der Waals surface area contributed by atoms with Crippen LogP contribution in [0.5, 0.6) is 0 Å². The number of hydrogen-bond donors (Lipinski definition) is 0. The summed E-state index contributed by atoms with van der Waals surface area (Å²) in [5, 5.41) is 0. The van der Waals surface area contributed by atoms with Crippen LogP contribution < -0.4 is 0 Å². The average molecular weight is 236 g/mol. The van der Waals surface area contributed by atoms with E-state index in [0.717, 1.165) is 28.9 Å². The third-order valence-corrected chi connectivity index (χ3v) is 2.75. The monoisotopic (exact) mass is 236 g/mol. The van der Waals surface area contributed by atoms with E-state index in [2.05, 4.69) is 0 Å². The van der Waals surface area contributed by atoms with Crippen LogP contribution in [-0.2, 0) is 8.98 Å². The molecule has 0 heterocycles. The second kappa shape index (κ2) is 7.12. The van der Waals surface area contributed by atoms with Gasteiger partial charge in [-0.1, -0.05) is 38.1 Å². The molecule has 16 heavy (non-hydrogen) atoms. The molecule has 0 saturated heterocycles. The maximum Gasteiger partial charge on any atom is 0.346 e. The zero-order valence-electron chi connectivity index (χ0n) is 9.60. The van der Waals surface area contributed by atoms with Crippen LogP contribution in [0.1, 0.15) is 26.7 Å². The predicted octanol–water partition coefficient (Wildman–Crippen LogP) is 3.98. The minimum absolute atomic E-state index is 0.238. The van der Waals surface area contributed by atoms with Gasteiger partial charge in [-0.15, -0.1) is 0 Å². The van der Waals surface area contributed by atoms with E-state index in [1.807, 2.05) is 50.3 Å². The second-order valence-corrected chi connectivity index (χ2v) is 4.06. The molecule has 0 bridgehead atoms. The van der Waals surface area contributed by atoms with Crippen LogP contribution in [0.25, 0.3) is 0 Å². The summed E-state index contributed by atoms with van der Waals surface area (Å²) in [4.78, 5) is 12.6. The number of benzene rings is 1. The molecule has 0 aliphatic heterocycles. The van der Waals surface area contributed by atoms with Crippen molar-refractivity contribution in [1.29, 1.82) is 0 Å². The topological polar surface area (TPSA) is 26.3 Å². The number of carbonyl (C=O) groups is 1. The molecule has 0 atom stereocenters. The Bertz CT molecular complexity index is 357. The van der Waals surface area contributed by atoms with Crippen molar-refractivity contribution in [1.82, 2.24) is 0 Å². The van der Waals surface area contributed by atoms with Crippen molar-refractivity contribution in [3.63, 3.8) is 0 Å². The SMILES string of the molecule is CCC=C(CC)C(=O)OSc1ccccc1. The van der Waals surface area contributed by atoms with Crippen molar-refractivity contribution in [2.45, 2.75) is 31.6 Å². The van der Waals surface area contributed by atoms with E-state index >= 15 is 0 Å². The Morgan fingerprint density at radius 1 is 1.31 bits per heavy atom. The van der Waals surface area contributed by atoms with E-state index in [1.54, 1.807) is 0 Å². The summed E-state index contributed by atoms with van der Waals surface area (Å²) in [6.45, 7) is 3.96. The van der Waals surface area contributed by atoms with Crippen molar-refractivity contribution in [2.24, 2.45) is 0 Å². The van der Waals surface area contributed by atoms with Gasteiger partial charge in [0.2, 0.25) is 0 Å². The van der Waals surface area contributed by atoms with Crippen LogP contribution in [-0.4, -0.2) is 5.97 Å². The Morgan fingerprint density at radius 2 is 2.00 bits per heavy atom. The molecule has 0 spiro atoms. The Kier molecular flexibility index (Phi) is 5.72. The van der Waals surface area contributed by atoms with Gasteiger partial charge in [0.25, 0.3) is 0 Å². The highest BCUT2D eigenvalue weighted by Crippen LogP contribution is 2.20. The summed E-state index contributed by atoms with van der Waals surface area (Å²) in [6, 6.07) is 9.58. The minimum Gasteiger partial charge on any atom is -0.383 e. The molecule has 0 amide bonds. The molecular formula is C13H16O2S. The first-order valence-corrected chi connectivity index (χ1v) is 6.15. The summed E-state index contributed by atoms with van der Waals surface area (Å²) in [5.74, 6) is -0.238. The molecule has 86 valence electrons. The van der Waals surface area contributed by atoms with E-state index < -0.39 is 0 Å². The van der Waals surface area contributed by atoms with Gasteiger partial charge < -0.3 is 4.18 Å². The van der Waals surface area contributed by atoms with E-state index in [-0.39, 0.29) is 5.97 Å². The zero-order valence-corrected chi connectivity index (χ0v) is 10.4. The maximum absolute atomic E-state index is 11.6. The van der Waals surface area contributed by atoms with Crippen LogP contribution in [0.3, 0.4) is 0 Å². The van der Waals surface area contributed by atoms with Gasteiger partial charge in [-0.05, 0) is 25.0 Å². The van der Waals surface area contributed by atoms with Gasteiger partial charge in [0.1, 0.15) is 0 Å². The minimum atomic E-state index is -0.238. The quantitative estimate of drug-likeness (QED) is 0.571. The fourth-order valence-corrected chi connectivity index (χ4v) is 1.78. The predicted molar refractivity (Wildman–Crippen MR) is 67.1 cm³/mol. The lowest BCUT2D eigenvalue weighted by Crippen LogP contribution is -2.02. The standard InChI is InChI=1S/C13H16O2S/c1-3-8-11(4-2)13(14)15-16-12-9-6-5-7-10-12/h5-10H,3-4H2,1-2H3. The van der Waals surface area contributed by atoms with Crippen molar-refractivity contribution >= 4 is 18.0 Å². The van der Waals surface area contributed by atoms with E-state index in [4.69, 9.17) is 4.18 Å². The van der Waals surface area contributed by atoms with Crippen molar-refractivity contribution in [3.05, 3.63) is 42.0 Å². The molecule has 0 fully saturated rings. The van der Waals surface area contributed by atoms with Gasteiger partial charge in [-0.25, -0.2) is 4.79 Å². The summed E-state index contributed by atoms with van der Waals surface area (Å²) in [6.07, 6.45) is 3.48. The van der Waals surface area contributed by atoms with E-state index in [0.29, 0.717) is 6.42 Å². The second-order valence-electron chi connectivity index (χ2n) is 3.26. The third kappa shape index (κ3) is 4.11. The third-order valence-electron chi connectivity index (χ3n) is 2.05. The number of rotatable bonds is 5. The molecule has 1 rings (SSSR count). The molecule has 0 radical (unpaired) electrons. The van der Waals surface area contributed by atoms with Crippen LogP contribution in [0.15, 0.2) is 46.9 Å². The van der Waals surface area contributed by atoms with Gasteiger partial charge in [-0.2, -0.15) is 0 Å². The largest absolute Gasteiger partial charge is 0.383 e. The lowest BCUT2D eigenvalue weighted by atomic mass is 10.2. The summed E-state index contributed by atoms with van der Waals surface area (Å²) < 4.78 is 5.14.